The van der Waals surface area contributed by atoms with Crippen LogP contribution in [0.4, 0.5) is 0 Å². The monoisotopic (exact) mass is 224 g/mol. The topological polar surface area (TPSA) is 56.0 Å². The van der Waals surface area contributed by atoms with E-state index < -0.39 is 0 Å². The Morgan fingerprint density at radius 1 is 1.44 bits per heavy atom. The molecule has 1 fully saturated rings. The van der Waals surface area contributed by atoms with Crippen LogP contribution in [-0.2, 0) is 0 Å². The molecule has 0 aromatic carbocycles. The summed E-state index contributed by atoms with van der Waals surface area (Å²) in [7, 11) is 0. The summed E-state index contributed by atoms with van der Waals surface area (Å²) in [5.74, 6) is 0.151. The van der Waals surface area contributed by atoms with Gasteiger partial charge in [0.2, 0.25) is 0 Å². The van der Waals surface area contributed by atoms with Crippen LogP contribution < -0.4 is 5.32 Å². The fourth-order valence-corrected chi connectivity index (χ4v) is 2.50. The Morgan fingerprint density at radius 3 is 2.69 bits per heavy atom. The average molecular weight is 224 g/mol. The summed E-state index contributed by atoms with van der Waals surface area (Å²) in [6, 6.07) is 2.73. The maximum absolute atomic E-state index is 9.12. The van der Waals surface area contributed by atoms with Crippen LogP contribution in [-0.4, -0.2) is 23.3 Å². The third-order valence-electron chi connectivity index (χ3n) is 3.91. The Morgan fingerprint density at radius 2 is 2.12 bits per heavy atom. The van der Waals surface area contributed by atoms with E-state index in [4.69, 9.17) is 10.4 Å². The lowest BCUT2D eigenvalue weighted by Crippen LogP contribution is -2.51. The predicted molar refractivity (Wildman–Crippen MR) is 64.9 cm³/mol. The first kappa shape index (κ1) is 13.5. The molecule has 3 nitrogen and oxygen atoms in total. The van der Waals surface area contributed by atoms with Crippen molar-refractivity contribution >= 4 is 0 Å². The highest BCUT2D eigenvalue weighted by atomic mass is 16.3. The number of nitrogens with zero attached hydrogens (tertiary/aromatic N) is 1. The van der Waals surface area contributed by atoms with E-state index in [1.807, 2.05) is 0 Å². The van der Waals surface area contributed by atoms with Gasteiger partial charge in [-0.15, -0.1) is 0 Å². The number of nitriles is 1. The predicted octanol–water partition coefficient (Wildman–Crippen LogP) is 2.21. The van der Waals surface area contributed by atoms with E-state index in [1.165, 1.54) is 12.8 Å². The Bertz CT molecular complexity index is 249. The smallest absolute Gasteiger partial charge is 0.0672 e. The Kier molecular flexibility index (Phi) is 5.24. The molecule has 92 valence electrons. The Hall–Kier alpha value is -0.590. The van der Waals surface area contributed by atoms with E-state index in [1.54, 1.807) is 0 Å². The van der Waals surface area contributed by atoms with Gasteiger partial charge in [0.25, 0.3) is 0 Å². The number of hydrogen-bond acceptors (Lipinski definition) is 3. The summed E-state index contributed by atoms with van der Waals surface area (Å²) < 4.78 is 0. The second-order valence-electron chi connectivity index (χ2n) is 5.16. The van der Waals surface area contributed by atoms with Gasteiger partial charge in [0.15, 0.2) is 0 Å². The van der Waals surface area contributed by atoms with Crippen molar-refractivity contribution in [3.05, 3.63) is 0 Å². The summed E-state index contributed by atoms with van der Waals surface area (Å²) in [5, 5.41) is 21.8. The Balaban J connectivity index is 2.59. The molecule has 0 aromatic rings. The Labute approximate surface area is 98.8 Å². The molecule has 0 radical (unpaired) electrons. The fourth-order valence-electron chi connectivity index (χ4n) is 2.50. The highest BCUT2D eigenvalue weighted by Gasteiger charge is 2.31. The maximum atomic E-state index is 9.12. The first-order valence-corrected chi connectivity index (χ1v) is 6.43. The van der Waals surface area contributed by atoms with E-state index in [9.17, 15) is 0 Å². The molecule has 1 saturated carbocycles. The number of nitrogens with one attached hydrogen (secondary N) is 1. The fraction of sp³-hybridized carbons (Fsp3) is 0.923. The largest absolute Gasteiger partial charge is 0.396 e. The molecule has 16 heavy (non-hydrogen) atoms. The molecular formula is C13H24N2O. The number of aliphatic hydroxyl groups is 1. The van der Waals surface area contributed by atoms with Crippen LogP contribution in [0, 0.1) is 17.2 Å². The molecule has 1 rings (SSSR count). The van der Waals surface area contributed by atoms with Gasteiger partial charge in [-0.2, -0.15) is 5.26 Å². The lowest BCUT2D eigenvalue weighted by molar-refractivity contribution is 0.176. The van der Waals surface area contributed by atoms with Gasteiger partial charge in [-0.25, -0.2) is 0 Å². The van der Waals surface area contributed by atoms with Gasteiger partial charge >= 0.3 is 0 Å². The molecule has 0 spiro atoms. The highest BCUT2D eigenvalue weighted by molar-refractivity contribution is 4.98. The molecule has 0 heterocycles. The third kappa shape index (κ3) is 3.47. The molecule has 1 aliphatic rings. The van der Waals surface area contributed by atoms with Crippen molar-refractivity contribution in [2.45, 2.75) is 64.0 Å². The number of hydrogen-bond donors (Lipinski definition) is 2. The molecule has 1 aliphatic carbocycles. The molecule has 2 N–H and O–H groups in total. The van der Waals surface area contributed by atoms with Gasteiger partial charge in [0, 0.05) is 18.2 Å². The van der Waals surface area contributed by atoms with Gasteiger partial charge in [0.1, 0.15) is 0 Å². The van der Waals surface area contributed by atoms with Crippen molar-refractivity contribution in [3.63, 3.8) is 0 Å². The molecular weight excluding hydrogens is 200 g/mol. The van der Waals surface area contributed by atoms with Crippen LogP contribution in [0.3, 0.4) is 0 Å². The maximum Gasteiger partial charge on any atom is 0.0672 e. The van der Waals surface area contributed by atoms with Crippen molar-refractivity contribution in [2.75, 3.05) is 6.61 Å². The van der Waals surface area contributed by atoms with Crippen LogP contribution in [0.25, 0.3) is 0 Å². The van der Waals surface area contributed by atoms with Crippen LogP contribution in [0.2, 0.25) is 0 Å². The van der Waals surface area contributed by atoms with Crippen molar-refractivity contribution in [2.24, 2.45) is 5.92 Å². The summed E-state index contributed by atoms with van der Waals surface area (Å²) in [6.45, 7) is 4.49. The van der Waals surface area contributed by atoms with Crippen molar-refractivity contribution in [1.29, 1.82) is 5.26 Å². The molecule has 0 aliphatic heterocycles. The van der Waals surface area contributed by atoms with Crippen LogP contribution in [0.1, 0.15) is 52.4 Å². The lowest BCUT2D eigenvalue weighted by atomic mass is 9.82. The van der Waals surface area contributed by atoms with Crippen LogP contribution >= 0.6 is 0 Å². The lowest BCUT2D eigenvalue weighted by Gasteiger charge is -2.38. The van der Waals surface area contributed by atoms with E-state index in [0.29, 0.717) is 6.04 Å². The second kappa shape index (κ2) is 6.22. The molecule has 3 heteroatoms. The highest BCUT2D eigenvalue weighted by Crippen LogP contribution is 2.27. The van der Waals surface area contributed by atoms with E-state index >= 15 is 0 Å². The van der Waals surface area contributed by atoms with Gasteiger partial charge in [-0.3, -0.25) is 0 Å². The molecule has 0 aromatic heterocycles. The summed E-state index contributed by atoms with van der Waals surface area (Å²) in [6.07, 6.45) is 6.26. The molecule has 0 amide bonds. The van der Waals surface area contributed by atoms with E-state index in [0.717, 1.165) is 25.7 Å². The first-order valence-electron chi connectivity index (χ1n) is 6.43. The molecule has 0 saturated heterocycles. The quantitative estimate of drug-likeness (QED) is 0.752. The zero-order chi connectivity index (χ0) is 12.0. The summed E-state index contributed by atoms with van der Waals surface area (Å²) >= 11 is 0. The minimum atomic E-state index is -0.0220. The van der Waals surface area contributed by atoms with Crippen LogP contribution in [0.15, 0.2) is 0 Å². The molecule has 0 bridgehead atoms. The standard InChI is InChI=1S/C13H24N2O/c1-3-13(2,8-9-16)15-12-7-5-4-6-11(12)10-14/h11-12,15-16H,3-9H2,1-2H3. The summed E-state index contributed by atoms with van der Waals surface area (Å²) in [5.41, 5.74) is -0.0220. The first-order chi connectivity index (χ1) is 7.65. The van der Waals surface area contributed by atoms with Gasteiger partial charge in [0.05, 0.1) is 12.0 Å². The van der Waals surface area contributed by atoms with E-state index in [-0.39, 0.29) is 18.1 Å². The third-order valence-corrected chi connectivity index (χ3v) is 3.91. The molecule has 3 atom stereocenters. The zero-order valence-electron chi connectivity index (χ0n) is 10.5. The second-order valence-corrected chi connectivity index (χ2v) is 5.16. The van der Waals surface area contributed by atoms with Crippen molar-refractivity contribution in [1.82, 2.24) is 5.32 Å². The van der Waals surface area contributed by atoms with Crippen molar-refractivity contribution in [3.8, 4) is 6.07 Å². The van der Waals surface area contributed by atoms with Gasteiger partial charge in [-0.1, -0.05) is 19.8 Å². The van der Waals surface area contributed by atoms with Crippen LogP contribution in [0.5, 0.6) is 0 Å². The van der Waals surface area contributed by atoms with E-state index in [2.05, 4.69) is 25.2 Å². The molecule has 3 unspecified atom stereocenters. The minimum absolute atomic E-state index is 0.0220. The summed E-state index contributed by atoms with van der Waals surface area (Å²) in [4.78, 5) is 0. The number of rotatable bonds is 5. The zero-order valence-corrected chi connectivity index (χ0v) is 10.5. The average Bonchev–Trinajstić information content (AvgIpc) is 2.30. The van der Waals surface area contributed by atoms with Gasteiger partial charge in [-0.05, 0) is 32.6 Å². The van der Waals surface area contributed by atoms with Crippen molar-refractivity contribution < 1.29 is 5.11 Å². The number of aliphatic hydroxyl groups excluding tert-OH is 1. The minimum Gasteiger partial charge on any atom is -0.396 e. The SMILES string of the molecule is CCC(C)(CCO)NC1CCCCC1C#N. The normalized spacial score (nSPS) is 29.4. The van der Waals surface area contributed by atoms with Gasteiger partial charge < -0.3 is 10.4 Å².